The molecule has 0 N–H and O–H groups in total. The Morgan fingerprint density at radius 2 is 2.12 bits per heavy atom. The molecule has 1 aromatic carbocycles. The molecule has 0 saturated heterocycles. The number of para-hydroxylation sites is 1. The summed E-state index contributed by atoms with van der Waals surface area (Å²) in [6.07, 6.45) is 0.105. The van der Waals surface area contributed by atoms with E-state index in [4.69, 9.17) is 21.1 Å². The van der Waals surface area contributed by atoms with E-state index in [2.05, 4.69) is 0 Å². The van der Waals surface area contributed by atoms with Crippen molar-refractivity contribution in [2.45, 2.75) is 20.0 Å². The molecule has 0 heterocycles. The van der Waals surface area contributed by atoms with Crippen molar-refractivity contribution in [2.75, 3.05) is 13.2 Å². The second-order valence-electron chi connectivity index (χ2n) is 3.61. The normalized spacial score (nSPS) is 10.6. The van der Waals surface area contributed by atoms with Crippen molar-refractivity contribution < 1.29 is 14.4 Å². The summed E-state index contributed by atoms with van der Waals surface area (Å²) < 4.78 is 10.5. The fraction of sp³-hybridized carbons (Fsp3) is 0.455. The van der Waals surface area contributed by atoms with Crippen LogP contribution in [0.3, 0.4) is 0 Å². The minimum absolute atomic E-state index is 0.0669. The molecule has 0 aliphatic carbocycles. The molecule has 0 amide bonds. The van der Waals surface area contributed by atoms with Crippen molar-refractivity contribution in [1.29, 1.82) is 0 Å². The fourth-order valence-corrected chi connectivity index (χ4v) is 1.46. The van der Waals surface area contributed by atoms with Crippen LogP contribution >= 0.6 is 11.6 Å². The van der Waals surface area contributed by atoms with Crippen LogP contribution in [0.1, 0.15) is 13.8 Å². The van der Waals surface area contributed by atoms with Gasteiger partial charge in [-0.25, -0.2) is 0 Å². The van der Waals surface area contributed by atoms with Crippen LogP contribution in [-0.4, -0.2) is 24.2 Å². The molecule has 0 unspecified atom stereocenters. The summed E-state index contributed by atoms with van der Waals surface area (Å²) in [7, 11) is 0. The molecular formula is C11H14ClNO4. The molecule has 0 bridgehead atoms. The first-order valence-corrected chi connectivity index (χ1v) is 5.57. The topological polar surface area (TPSA) is 61.6 Å². The van der Waals surface area contributed by atoms with Gasteiger partial charge in [-0.2, -0.15) is 0 Å². The predicted octanol–water partition coefficient (Wildman–Crippen LogP) is 3.05. The highest BCUT2D eigenvalue weighted by Gasteiger charge is 2.19. The Balaban J connectivity index is 2.64. The van der Waals surface area contributed by atoms with Crippen LogP contribution in [0, 0.1) is 10.1 Å². The van der Waals surface area contributed by atoms with Gasteiger partial charge >= 0.3 is 5.69 Å². The third-order valence-electron chi connectivity index (χ3n) is 1.92. The summed E-state index contributed by atoms with van der Waals surface area (Å²) >= 11 is 5.73. The zero-order chi connectivity index (χ0) is 12.8. The molecule has 0 aliphatic heterocycles. The quantitative estimate of drug-likeness (QED) is 0.447. The van der Waals surface area contributed by atoms with E-state index in [0.29, 0.717) is 6.61 Å². The average Bonchev–Trinajstić information content (AvgIpc) is 2.23. The Morgan fingerprint density at radius 1 is 1.41 bits per heavy atom. The predicted molar refractivity (Wildman–Crippen MR) is 64.7 cm³/mol. The van der Waals surface area contributed by atoms with Crippen molar-refractivity contribution in [2.24, 2.45) is 0 Å². The van der Waals surface area contributed by atoms with Gasteiger partial charge in [0, 0.05) is 0 Å². The molecule has 0 radical (unpaired) electrons. The molecule has 0 spiro atoms. The van der Waals surface area contributed by atoms with Crippen LogP contribution in [0.4, 0.5) is 5.69 Å². The van der Waals surface area contributed by atoms with Crippen molar-refractivity contribution >= 4 is 17.3 Å². The highest BCUT2D eigenvalue weighted by molar-refractivity contribution is 6.32. The zero-order valence-corrected chi connectivity index (χ0v) is 10.4. The van der Waals surface area contributed by atoms with E-state index in [1.165, 1.54) is 12.1 Å². The summed E-state index contributed by atoms with van der Waals surface area (Å²) in [6.45, 7) is 4.43. The lowest BCUT2D eigenvalue weighted by atomic mass is 10.3. The van der Waals surface area contributed by atoms with Crippen LogP contribution in [0.15, 0.2) is 18.2 Å². The second kappa shape index (κ2) is 6.42. The first kappa shape index (κ1) is 13.7. The maximum atomic E-state index is 10.8. The van der Waals surface area contributed by atoms with Crippen molar-refractivity contribution in [3.8, 4) is 5.75 Å². The van der Waals surface area contributed by atoms with Gasteiger partial charge in [0.15, 0.2) is 5.75 Å². The summed E-state index contributed by atoms with van der Waals surface area (Å²) in [4.78, 5) is 10.2. The molecule has 0 aromatic heterocycles. The van der Waals surface area contributed by atoms with Crippen LogP contribution in [0.25, 0.3) is 0 Å². The van der Waals surface area contributed by atoms with Gasteiger partial charge in [-0.1, -0.05) is 17.7 Å². The maximum absolute atomic E-state index is 10.8. The number of benzene rings is 1. The molecule has 0 atom stereocenters. The monoisotopic (exact) mass is 259 g/mol. The third kappa shape index (κ3) is 4.20. The first-order valence-electron chi connectivity index (χ1n) is 5.19. The molecule has 1 aromatic rings. The highest BCUT2D eigenvalue weighted by atomic mass is 35.5. The second-order valence-corrected chi connectivity index (χ2v) is 4.02. The SMILES string of the molecule is CC(C)OCCOc1cccc(Cl)c1[N+](=O)[O-]. The van der Waals surface area contributed by atoms with Crippen molar-refractivity contribution in [1.82, 2.24) is 0 Å². The molecule has 0 fully saturated rings. The van der Waals surface area contributed by atoms with E-state index >= 15 is 0 Å². The van der Waals surface area contributed by atoms with Crippen molar-refractivity contribution in [3.63, 3.8) is 0 Å². The minimum atomic E-state index is -0.555. The highest BCUT2D eigenvalue weighted by Crippen LogP contribution is 2.33. The van der Waals surface area contributed by atoms with Gasteiger partial charge in [-0.15, -0.1) is 0 Å². The molecule has 0 aliphatic rings. The number of nitrogens with zero attached hydrogens (tertiary/aromatic N) is 1. The molecule has 6 heteroatoms. The van der Waals surface area contributed by atoms with E-state index in [1.807, 2.05) is 13.8 Å². The standard InChI is InChI=1S/C11H14ClNO4/c1-8(2)16-6-7-17-10-5-3-4-9(12)11(10)13(14)15/h3-5,8H,6-7H2,1-2H3. The molecular weight excluding hydrogens is 246 g/mol. The number of nitro benzene ring substituents is 1. The van der Waals surface area contributed by atoms with E-state index in [-0.39, 0.29) is 29.2 Å². The Bertz CT molecular complexity index is 395. The van der Waals surface area contributed by atoms with Crippen LogP contribution in [0.5, 0.6) is 5.75 Å². The van der Waals surface area contributed by atoms with E-state index < -0.39 is 4.92 Å². The maximum Gasteiger partial charge on any atom is 0.329 e. The fourth-order valence-electron chi connectivity index (χ4n) is 1.22. The van der Waals surface area contributed by atoms with E-state index in [1.54, 1.807) is 6.07 Å². The molecule has 0 saturated carbocycles. The zero-order valence-electron chi connectivity index (χ0n) is 9.68. The van der Waals surface area contributed by atoms with Crippen LogP contribution in [0.2, 0.25) is 5.02 Å². The van der Waals surface area contributed by atoms with Gasteiger partial charge in [0.2, 0.25) is 0 Å². The van der Waals surface area contributed by atoms with Gasteiger partial charge in [-0.3, -0.25) is 10.1 Å². The number of ether oxygens (including phenoxy) is 2. The number of hydrogen-bond acceptors (Lipinski definition) is 4. The van der Waals surface area contributed by atoms with Gasteiger partial charge in [0.05, 0.1) is 17.6 Å². The molecule has 5 nitrogen and oxygen atoms in total. The summed E-state index contributed by atoms with van der Waals surface area (Å²) in [5, 5.41) is 10.9. The molecule has 17 heavy (non-hydrogen) atoms. The third-order valence-corrected chi connectivity index (χ3v) is 2.23. The first-order chi connectivity index (χ1) is 8.02. The Labute approximate surface area is 104 Å². The van der Waals surface area contributed by atoms with Crippen LogP contribution in [-0.2, 0) is 4.74 Å². The number of nitro groups is 1. The number of rotatable bonds is 6. The van der Waals surface area contributed by atoms with Gasteiger partial charge in [0.25, 0.3) is 0 Å². The average molecular weight is 260 g/mol. The number of halogens is 1. The Hall–Kier alpha value is -1.33. The Morgan fingerprint density at radius 3 is 2.71 bits per heavy atom. The lowest BCUT2D eigenvalue weighted by molar-refractivity contribution is -0.385. The lowest BCUT2D eigenvalue weighted by Gasteiger charge is -2.09. The smallest absolute Gasteiger partial charge is 0.329 e. The summed E-state index contributed by atoms with van der Waals surface area (Å²) in [5.41, 5.74) is -0.210. The van der Waals surface area contributed by atoms with E-state index in [9.17, 15) is 10.1 Å². The lowest BCUT2D eigenvalue weighted by Crippen LogP contribution is -2.11. The Kier molecular flexibility index (Phi) is 5.18. The van der Waals surface area contributed by atoms with Gasteiger partial charge in [0.1, 0.15) is 11.6 Å². The van der Waals surface area contributed by atoms with E-state index in [0.717, 1.165) is 0 Å². The number of hydrogen-bond donors (Lipinski definition) is 0. The largest absolute Gasteiger partial charge is 0.484 e. The summed E-state index contributed by atoms with van der Waals surface area (Å²) in [6, 6.07) is 4.57. The van der Waals surface area contributed by atoms with Crippen molar-refractivity contribution in [3.05, 3.63) is 33.3 Å². The summed E-state index contributed by atoms with van der Waals surface area (Å²) in [5.74, 6) is 0.162. The minimum Gasteiger partial charge on any atom is -0.484 e. The van der Waals surface area contributed by atoms with Gasteiger partial charge < -0.3 is 9.47 Å². The van der Waals surface area contributed by atoms with Crippen LogP contribution < -0.4 is 4.74 Å². The molecule has 1 rings (SSSR count). The van der Waals surface area contributed by atoms with Gasteiger partial charge in [-0.05, 0) is 26.0 Å². The molecule has 94 valence electrons.